The molecule has 1 aliphatic rings. The molecule has 0 aromatic carbocycles. The smallest absolute Gasteiger partial charge is 0.444 e. The second-order valence-electron chi connectivity index (χ2n) is 9.79. The largest absolute Gasteiger partial charge is 0.498 e. The van der Waals surface area contributed by atoms with Gasteiger partial charge in [0.1, 0.15) is 11.6 Å². The van der Waals surface area contributed by atoms with E-state index < -0.39 is 42.0 Å². The Bertz CT molecular complexity index is 758. The number of nitrogens with one attached hydrogen (secondary N) is 2. The molecule has 9 nitrogen and oxygen atoms in total. The van der Waals surface area contributed by atoms with Crippen molar-refractivity contribution >= 4 is 30.5 Å². The Hall–Kier alpha value is -2.20. The first kappa shape index (κ1) is 24.1. The first-order chi connectivity index (χ1) is 13.6. The lowest BCUT2D eigenvalue weighted by molar-refractivity contribution is -0.119. The lowest BCUT2D eigenvalue weighted by Gasteiger charge is -2.32. The number of carbonyl (C=O) groups excluding carboxylic acids is 2. The molecule has 2 heterocycles. The summed E-state index contributed by atoms with van der Waals surface area (Å²) in [4.78, 5) is 33.1. The second kappa shape index (κ2) is 8.51. The van der Waals surface area contributed by atoms with Crippen LogP contribution in [-0.4, -0.2) is 51.9 Å². The predicted molar refractivity (Wildman–Crippen MR) is 114 cm³/mol. The van der Waals surface area contributed by atoms with Gasteiger partial charge in [0, 0.05) is 17.9 Å². The highest BCUT2D eigenvalue weighted by Crippen LogP contribution is 2.36. The van der Waals surface area contributed by atoms with Gasteiger partial charge in [0.2, 0.25) is 11.9 Å². The van der Waals surface area contributed by atoms with Crippen LogP contribution in [0.4, 0.5) is 10.7 Å². The van der Waals surface area contributed by atoms with Gasteiger partial charge >= 0.3 is 13.2 Å². The van der Waals surface area contributed by atoms with Crippen molar-refractivity contribution in [2.75, 3.05) is 5.32 Å². The van der Waals surface area contributed by atoms with Gasteiger partial charge in [-0.25, -0.2) is 14.8 Å². The standard InChI is InChI=1S/C20H33BN4O5/c1-12(2)14(24-17(27)28-18(3,4)5)15(26)25-16-22-10-13(11-23-16)21-29-19(6,7)20(8,9)30-21/h10-12,14H,1-9H3,(H,24,27)(H,22,23,25,26)/t14-/m0/s1. The van der Waals surface area contributed by atoms with E-state index in [1.807, 2.05) is 41.5 Å². The summed E-state index contributed by atoms with van der Waals surface area (Å²) >= 11 is 0. The summed E-state index contributed by atoms with van der Waals surface area (Å²) in [6.07, 6.45) is 2.45. The van der Waals surface area contributed by atoms with Crippen LogP contribution in [0.3, 0.4) is 0 Å². The van der Waals surface area contributed by atoms with Crippen molar-refractivity contribution in [3.05, 3.63) is 12.4 Å². The third-order valence-electron chi connectivity index (χ3n) is 5.05. The van der Waals surface area contributed by atoms with E-state index >= 15 is 0 Å². The molecule has 2 amide bonds. The van der Waals surface area contributed by atoms with E-state index in [0.717, 1.165) is 0 Å². The van der Waals surface area contributed by atoms with Gasteiger partial charge in [-0.1, -0.05) is 13.8 Å². The van der Waals surface area contributed by atoms with Gasteiger partial charge in [-0.15, -0.1) is 0 Å². The molecule has 0 saturated carbocycles. The van der Waals surface area contributed by atoms with Gasteiger partial charge in [-0.2, -0.15) is 0 Å². The molecule has 1 aromatic heterocycles. The zero-order valence-electron chi connectivity index (χ0n) is 19.3. The molecule has 1 aromatic rings. The Labute approximate surface area is 178 Å². The van der Waals surface area contributed by atoms with Crippen molar-refractivity contribution in [1.29, 1.82) is 0 Å². The number of hydrogen-bond acceptors (Lipinski definition) is 7. The van der Waals surface area contributed by atoms with Crippen LogP contribution < -0.4 is 16.1 Å². The van der Waals surface area contributed by atoms with Crippen LogP contribution in [0.5, 0.6) is 0 Å². The summed E-state index contributed by atoms with van der Waals surface area (Å²) in [5.41, 5.74) is -0.946. The highest BCUT2D eigenvalue weighted by atomic mass is 16.7. The molecule has 0 spiro atoms. The quantitative estimate of drug-likeness (QED) is 0.703. The molecule has 2 N–H and O–H groups in total. The first-order valence-corrected chi connectivity index (χ1v) is 10.1. The van der Waals surface area contributed by atoms with Crippen molar-refractivity contribution in [1.82, 2.24) is 15.3 Å². The van der Waals surface area contributed by atoms with E-state index in [2.05, 4.69) is 20.6 Å². The molecule has 1 saturated heterocycles. The maximum atomic E-state index is 12.7. The van der Waals surface area contributed by atoms with Gasteiger partial charge in [0.25, 0.3) is 0 Å². The second-order valence-corrected chi connectivity index (χ2v) is 9.79. The number of carbonyl (C=O) groups is 2. The average molecular weight is 420 g/mol. The highest BCUT2D eigenvalue weighted by Gasteiger charge is 2.52. The van der Waals surface area contributed by atoms with Crippen LogP contribution in [0.2, 0.25) is 0 Å². The molecule has 1 fully saturated rings. The van der Waals surface area contributed by atoms with Gasteiger partial charge in [-0.3, -0.25) is 10.1 Å². The summed E-state index contributed by atoms with van der Waals surface area (Å²) in [7, 11) is -0.586. The van der Waals surface area contributed by atoms with E-state index in [1.54, 1.807) is 33.2 Å². The summed E-state index contributed by atoms with van der Waals surface area (Å²) in [5, 5.41) is 5.23. The monoisotopic (exact) mass is 420 g/mol. The number of amides is 2. The van der Waals surface area contributed by atoms with E-state index in [1.165, 1.54) is 0 Å². The van der Waals surface area contributed by atoms with Crippen LogP contribution >= 0.6 is 0 Å². The summed E-state index contributed by atoms with van der Waals surface area (Å²) in [6.45, 7) is 16.8. The molecule has 30 heavy (non-hydrogen) atoms. The van der Waals surface area contributed by atoms with Crippen LogP contribution in [0.25, 0.3) is 0 Å². The summed E-state index contributed by atoms with van der Waals surface area (Å²) in [6, 6.07) is -0.800. The van der Waals surface area contributed by atoms with Gasteiger partial charge < -0.3 is 19.4 Å². The normalized spacial score (nSPS) is 18.8. The molecular weight excluding hydrogens is 387 g/mol. The van der Waals surface area contributed by atoms with Crippen LogP contribution in [0, 0.1) is 5.92 Å². The maximum Gasteiger partial charge on any atom is 0.498 e. The summed E-state index contributed by atoms with van der Waals surface area (Å²) in [5.74, 6) is -0.474. The van der Waals surface area contributed by atoms with Gasteiger partial charge in [-0.05, 0) is 54.4 Å². The Morgan fingerprint density at radius 2 is 1.57 bits per heavy atom. The van der Waals surface area contributed by atoms with E-state index in [4.69, 9.17) is 14.0 Å². The third kappa shape index (κ3) is 5.92. The number of anilines is 1. The minimum absolute atomic E-state index is 0.122. The number of aromatic nitrogens is 2. The van der Waals surface area contributed by atoms with Crippen molar-refractivity contribution < 1.29 is 23.6 Å². The van der Waals surface area contributed by atoms with Crippen molar-refractivity contribution in [3.8, 4) is 0 Å². The molecule has 2 rings (SSSR count). The topological polar surface area (TPSA) is 112 Å². The van der Waals surface area contributed by atoms with Crippen LogP contribution in [-0.2, 0) is 18.8 Å². The highest BCUT2D eigenvalue weighted by molar-refractivity contribution is 6.61. The van der Waals surface area contributed by atoms with E-state index in [-0.39, 0.29) is 11.9 Å². The first-order valence-electron chi connectivity index (χ1n) is 10.1. The Kier molecular flexibility index (Phi) is 6.83. The van der Waals surface area contributed by atoms with Crippen LogP contribution in [0.15, 0.2) is 12.4 Å². The lowest BCUT2D eigenvalue weighted by atomic mass is 9.81. The molecule has 0 radical (unpaired) electrons. The summed E-state index contributed by atoms with van der Waals surface area (Å²) < 4.78 is 17.2. The molecule has 0 bridgehead atoms. The molecule has 166 valence electrons. The Morgan fingerprint density at radius 3 is 2.00 bits per heavy atom. The fraction of sp³-hybridized carbons (Fsp3) is 0.700. The Balaban J connectivity index is 2.03. The number of rotatable bonds is 5. The minimum atomic E-state index is -0.800. The zero-order valence-corrected chi connectivity index (χ0v) is 19.3. The fourth-order valence-electron chi connectivity index (χ4n) is 2.66. The third-order valence-corrected chi connectivity index (χ3v) is 5.05. The number of alkyl carbamates (subject to hydrolysis) is 1. The molecule has 1 aliphatic heterocycles. The molecular formula is C20H33BN4O5. The van der Waals surface area contributed by atoms with Crippen molar-refractivity contribution in [2.24, 2.45) is 5.92 Å². The Morgan fingerprint density at radius 1 is 1.07 bits per heavy atom. The number of nitrogens with zero attached hydrogens (tertiary/aromatic N) is 2. The molecule has 0 unspecified atom stereocenters. The van der Waals surface area contributed by atoms with Crippen LogP contribution in [0.1, 0.15) is 62.3 Å². The van der Waals surface area contributed by atoms with Crippen molar-refractivity contribution in [3.63, 3.8) is 0 Å². The SMILES string of the molecule is CC(C)[C@H](NC(=O)OC(C)(C)C)C(=O)Nc1ncc(B2OC(C)(C)C(C)(C)O2)cn1. The molecule has 0 aliphatic carbocycles. The van der Waals surface area contributed by atoms with Gasteiger partial charge in [0.15, 0.2) is 0 Å². The fourth-order valence-corrected chi connectivity index (χ4v) is 2.66. The van der Waals surface area contributed by atoms with Gasteiger partial charge in [0.05, 0.1) is 11.2 Å². The zero-order chi connectivity index (χ0) is 22.9. The average Bonchev–Trinajstić information content (AvgIpc) is 2.79. The minimum Gasteiger partial charge on any atom is -0.444 e. The van der Waals surface area contributed by atoms with E-state index in [9.17, 15) is 9.59 Å². The lowest BCUT2D eigenvalue weighted by Crippen LogP contribution is -2.48. The number of hydrogen-bond donors (Lipinski definition) is 2. The molecule has 1 atom stereocenters. The predicted octanol–water partition coefficient (Wildman–Crippen LogP) is 2.26. The molecule has 10 heteroatoms. The maximum absolute atomic E-state index is 12.7. The number of ether oxygens (including phenoxy) is 1. The van der Waals surface area contributed by atoms with Crippen molar-refractivity contribution in [2.45, 2.75) is 85.2 Å². The van der Waals surface area contributed by atoms with E-state index in [0.29, 0.717) is 5.46 Å².